The van der Waals surface area contributed by atoms with Gasteiger partial charge in [-0.15, -0.1) is 0 Å². The van der Waals surface area contributed by atoms with E-state index in [0.29, 0.717) is 19.6 Å². The van der Waals surface area contributed by atoms with Gasteiger partial charge in [-0.05, 0) is 30.5 Å². The summed E-state index contributed by atoms with van der Waals surface area (Å²) in [7, 11) is 1.62. The summed E-state index contributed by atoms with van der Waals surface area (Å²) in [6.07, 6.45) is -0.786. The first-order chi connectivity index (χ1) is 9.64. The Kier molecular flexibility index (Phi) is 3.69. The van der Waals surface area contributed by atoms with E-state index in [4.69, 9.17) is 14.2 Å². The SMILES string of the molecule is COc1ccc(CO[C@H]2[C@H](O)[C@H](O)CC[C@]23CO3)cc1. The third kappa shape index (κ3) is 2.54. The normalized spacial score (nSPS) is 36.0. The van der Waals surface area contributed by atoms with E-state index in [0.717, 1.165) is 17.7 Å². The Morgan fingerprint density at radius 3 is 2.60 bits per heavy atom. The van der Waals surface area contributed by atoms with E-state index in [-0.39, 0.29) is 5.60 Å². The third-order valence-corrected chi connectivity index (χ3v) is 4.19. The predicted molar refractivity (Wildman–Crippen MR) is 71.5 cm³/mol. The predicted octanol–water partition coefficient (Wildman–Crippen LogP) is 0.865. The molecule has 1 aliphatic carbocycles. The van der Waals surface area contributed by atoms with Crippen LogP contribution < -0.4 is 4.74 Å². The Hall–Kier alpha value is -1.14. The Morgan fingerprint density at radius 1 is 1.30 bits per heavy atom. The summed E-state index contributed by atoms with van der Waals surface area (Å²) in [5.74, 6) is 0.795. The molecule has 3 rings (SSSR count). The Labute approximate surface area is 118 Å². The van der Waals surface area contributed by atoms with Gasteiger partial charge >= 0.3 is 0 Å². The van der Waals surface area contributed by atoms with Gasteiger partial charge in [0.25, 0.3) is 0 Å². The molecule has 1 saturated heterocycles. The summed E-state index contributed by atoms with van der Waals surface area (Å²) >= 11 is 0. The molecule has 5 heteroatoms. The average Bonchev–Trinajstić information content (AvgIpc) is 3.25. The summed E-state index contributed by atoms with van der Waals surface area (Å²) < 4.78 is 16.4. The summed E-state index contributed by atoms with van der Waals surface area (Å²) in [5.41, 5.74) is 0.611. The molecule has 1 saturated carbocycles. The highest BCUT2D eigenvalue weighted by Gasteiger charge is 2.58. The Balaban J connectivity index is 1.63. The summed E-state index contributed by atoms with van der Waals surface area (Å²) in [4.78, 5) is 0. The second kappa shape index (κ2) is 5.33. The molecule has 0 amide bonds. The number of rotatable bonds is 4. The number of methoxy groups -OCH3 is 1. The Morgan fingerprint density at radius 2 is 2.00 bits per heavy atom. The molecular formula is C15H20O5. The maximum Gasteiger partial charge on any atom is 0.120 e. The lowest BCUT2D eigenvalue weighted by Gasteiger charge is -2.36. The van der Waals surface area contributed by atoms with Crippen LogP contribution in [0.4, 0.5) is 0 Å². The molecule has 2 aliphatic rings. The number of hydrogen-bond donors (Lipinski definition) is 2. The van der Waals surface area contributed by atoms with E-state index in [1.54, 1.807) is 7.11 Å². The van der Waals surface area contributed by atoms with Crippen molar-refractivity contribution in [1.29, 1.82) is 0 Å². The Bertz CT molecular complexity index is 454. The molecule has 1 heterocycles. The van der Waals surface area contributed by atoms with Gasteiger partial charge in [-0.3, -0.25) is 0 Å². The van der Waals surface area contributed by atoms with Crippen LogP contribution in [0, 0.1) is 0 Å². The largest absolute Gasteiger partial charge is 0.497 e. The van der Waals surface area contributed by atoms with E-state index in [2.05, 4.69) is 0 Å². The standard InChI is InChI=1S/C15H20O5/c1-18-11-4-2-10(3-5-11)8-19-14-13(17)12(16)6-7-15(14)9-20-15/h2-5,12-14,16-17H,6-9H2,1H3/t12-,13-,14+,15+/m1/s1. The second-order valence-corrected chi connectivity index (χ2v) is 5.53. The molecule has 5 nitrogen and oxygen atoms in total. The van der Waals surface area contributed by atoms with Crippen molar-refractivity contribution in [2.45, 2.75) is 43.4 Å². The van der Waals surface area contributed by atoms with Crippen molar-refractivity contribution >= 4 is 0 Å². The number of ether oxygens (including phenoxy) is 3. The summed E-state index contributed by atoms with van der Waals surface area (Å²) in [6, 6.07) is 7.58. The highest BCUT2D eigenvalue weighted by molar-refractivity contribution is 5.26. The second-order valence-electron chi connectivity index (χ2n) is 5.53. The molecule has 0 radical (unpaired) electrons. The molecule has 1 aromatic rings. The van der Waals surface area contributed by atoms with Crippen molar-refractivity contribution in [3.63, 3.8) is 0 Å². The average molecular weight is 280 g/mol. The molecule has 1 aliphatic heterocycles. The van der Waals surface area contributed by atoms with E-state index >= 15 is 0 Å². The van der Waals surface area contributed by atoms with Crippen LogP contribution in [-0.2, 0) is 16.1 Å². The third-order valence-electron chi connectivity index (χ3n) is 4.19. The molecule has 2 fully saturated rings. The van der Waals surface area contributed by atoms with Crippen LogP contribution in [0.2, 0.25) is 0 Å². The van der Waals surface area contributed by atoms with Crippen LogP contribution in [0.1, 0.15) is 18.4 Å². The summed E-state index contributed by atoms with van der Waals surface area (Å²) in [5, 5.41) is 19.9. The maximum atomic E-state index is 10.1. The van der Waals surface area contributed by atoms with Gasteiger partial charge in [0.15, 0.2) is 0 Å². The lowest BCUT2D eigenvalue weighted by atomic mass is 9.82. The molecule has 0 aromatic heterocycles. The molecule has 4 atom stereocenters. The first-order valence-electron chi connectivity index (χ1n) is 6.89. The minimum absolute atomic E-state index is 0.379. The first kappa shape index (κ1) is 13.8. The highest BCUT2D eigenvalue weighted by atomic mass is 16.6. The van der Waals surface area contributed by atoms with Gasteiger partial charge < -0.3 is 24.4 Å². The molecule has 110 valence electrons. The molecule has 0 unspecified atom stereocenters. The zero-order chi connectivity index (χ0) is 14.2. The lowest BCUT2D eigenvalue weighted by Crippen LogP contribution is -2.52. The van der Waals surface area contributed by atoms with Crippen molar-refractivity contribution in [1.82, 2.24) is 0 Å². The maximum absolute atomic E-state index is 10.1. The number of epoxide rings is 1. The fraction of sp³-hybridized carbons (Fsp3) is 0.600. The lowest BCUT2D eigenvalue weighted by molar-refractivity contribution is -0.149. The van der Waals surface area contributed by atoms with Gasteiger partial charge in [0.05, 0.1) is 26.4 Å². The van der Waals surface area contributed by atoms with Crippen molar-refractivity contribution < 1.29 is 24.4 Å². The fourth-order valence-corrected chi connectivity index (χ4v) is 2.78. The molecule has 1 aromatic carbocycles. The zero-order valence-electron chi connectivity index (χ0n) is 11.5. The minimum Gasteiger partial charge on any atom is -0.497 e. The molecule has 0 bridgehead atoms. The molecule has 2 N–H and O–H groups in total. The van der Waals surface area contributed by atoms with Gasteiger partial charge in [0.1, 0.15) is 23.6 Å². The highest BCUT2D eigenvalue weighted by Crippen LogP contribution is 2.44. The van der Waals surface area contributed by atoms with E-state index in [1.165, 1.54) is 0 Å². The van der Waals surface area contributed by atoms with Crippen LogP contribution in [-0.4, -0.2) is 47.8 Å². The molecule has 20 heavy (non-hydrogen) atoms. The van der Waals surface area contributed by atoms with Crippen LogP contribution >= 0.6 is 0 Å². The van der Waals surface area contributed by atoms with Gasteiger partial charge in [-0.25, -0.2) is 0 Å². The first-order valence-corrected chi connectivity index (χ1v) is 6.89. The van der Waals surface area contributed by atoms with Gasteiger partial charge in [0.2, 0.25) is 0 Å². The van der Waals surface area contributed by atoms with Crippen molar-refractivity contribution in [2.75, 3.05) is 13.7 Å². The monoisotopic (exact) mass is 280 g/mol. The number of aliphatic hydroxyl groups excluding tert-OH is 2. The number of benzene rings is 1. The minimum atomic E-state index is -0.885. The topological polar surface area (TPSA) is 71.5 Å². The van der Waals surface area contributed by atoms with E-state index < -0.39 is 18.3 Å². The van der Waals surface area contributed by atoms with Crippen molar-refractivity contribution in [3.8, 4) is 5.75 Å². The van der Waals surface area contributed by atoms with E-state index in [1.807, 2.05) is 24.3 Å². The zero-order valence-corrected chi connectivity index (χ0v) is 11.5. The van der Waals surface area contributed by atoms with Crippen molar-refractivity contribution in [3.05, 3.63) is 29.8 Å². The molecule has 1 spiro atoms. The smallest absolute Gasteiger partial charge is 0.120 e. The summed E-state index contributed by atoms with van der Waals surface area (Å²) in [6.45, 7) is 0.980. The van der Waals surface area contributed by atoms with Crippen LogP contribution in [0.5, 0.6) is 5.75 Å². The van der Waals surface area contributed by atoms with Crippen LogP contribution in [0.25, 0.3) is 0 Å². The molecular weight excluding hydrogens is 260 g/mol. The van der Waals surface area contributed by atoms with Gasteiger partial charge in [-0.2, -0.15) is 0 Å². The van der Waals surface area contributed by atoms with Crippen LogP contribution in [0.3, 0.4) is 0 Å². The quantitative estimate of drug-likeness (QED) is 0.801. The number of hydrogen-bond acceptors (Lipinski definition) is 5. The fourth-order valence-electron chi connectivity index (χ4n) is 2.78. The van der Waals surface area contributed by atoms with Crippen molar-refractivity contribution in [2.24, 2.45) is 0 Å². The van der Waals surface area contributed by atoms with Gasteiger partial charge in [0, 0.05) is 0 Å². The van der Waals surface area contributed by atoms with Gasteiger partial charge in [-0.1, -0.05) is 12.1 Å². The van der Waals surface area contributed by atoms with E-state index in [9.17, 15) is 10.2 Å². The number of aliphatic hydroxyl groups is 2. The van der Waals surface area contributed by atoms with Crippen LogP contribution in [0.15, 0.2) is 24.3 Å².